The van der Waals surface area contributed by atoms with Gasteiger partial charge < -0.3 is 5.32 Å². The molecule has 3 aromatic rings. The minimum Gasteiger partial charge on any atom is -0.360 e. The van der Waals surface area contributed by atoms with E-state index in [0.29, 0.717) is 0 Å². The van der Waals surface area contributed by atoms with E-state index in [4.69, 9.17) is 11.6 Å². The van der Waals surface area contributed by atoms with Crippen LogP contribution < -0.4 is 5.32 Å². The lowest BCUT2D eigenvalue weighted by atomic mass is 10.2. The molecule has 1 N–H and O–H groups in total. The fourth-order valence-electron chi connectivity index (χ4n) is 1.84. The van der Waals surface area contributed by atoms with E-state index in [0.717, 1.165) is 38.8 Å². The molecule has 3 rings (SSSR count). The van der Waals surface area contributed by atoms with Gasteiger partial charge in [0, 0.05) is 22.2 Å². The van der Waals surface area contributed by atoms with E-state index in [1.165, 1.54) is 4.88 Å². The Bertz CT molecular complexity index is 712. The molecule has 3 nitrogen and oxygen atoms in total. The fourth-order valence-corrected chi connectivity index (χ4v) is 4.61. The Morgan fingerprint density at radius 3 is 2.86 bits per heavy atom. The zero-order chi connectivity index (χ0) is 15.2. The zero-order valence-electron chi connectivity index (χ0n) is 11.7. The number of hydrogen-bond donors (Lipinski definition) is 1. The highest BCUT2D eigenvalue weighted by atomic mass is 35.5. The quantitative estimate of drug-likeness (QED) is 0.582. The summed E-state index contributed by atoms with van der Waals surface area (Å²) in [5, 5.41) is 15.5. The highest BCUT2D eigenvalue weighted by Gasteiger charge is 2.06. The number of hydrogen-bond acceptors (Lipinski definition) is 6. The Labute approximate surface area is 146 Å². The molecule has 0 spiro atoms. The van der Waals surface area contributed by atoms with Gasteiger partial charge in [-0.15, -0.1) is 21.5 Å². The van der Waals surface area contributed by atoms with Crippen LogP contribution in [0.2, 0.25) is 5.02 Å². The number of rotatable bonds is 7. The maximum atomic E-state index is 6.16. The Morgan fingerprint density at radius 2 is 2.05 bits per heavy atom. The van der Waals surface area contributed by atoms with Crippen LogP contribution in [-0.2, 0) is 12.2 Å². The maximum absolute atomic E-state index is 6.16. The number of aromatic nitrogens is 2. The van der Waals surface area contributed by atoms with Crippen LogP contribution in [0.15, 0.2) is 46.1 Å². The zero-order valence-corrected chi connectivity index (χ0v) is 14.9. The lowest BCUT2D eigenvalue weighted by molar-refractivity contribution is 0.980. The third-order valence-corrected chi connectivity index (χ3v) is 6.31. The summed E-state index contributed by atoms with van der Waals surface area (Å²) in [6.07, 6.45) is 1.01. The number of halogens is 1. The van der Waals surface area contributed by atoms with Crippen LogP contribution >= 0.6 is 46.0 Å². The molecule has 0 saturated heterocycles. The number of thioether (sulfide) groups is 1. The van der Waals surface area contributed by atoms with Crippen LogP contribution in [-0.4, -0.2) is 16.7 Å². The molecule has 0 aliphatic heterocycles. The predicted molar refractivity (Wildman–Crippen MR) is 97.4 cm³/mol. The minimum absolute atomic E-state index is 0.800. The van der Waals surface area contributed by atoms with Gasteiger partial charge in [-0.3, -0.25) is 0 Å². The average molecular weight is 368 g/mol. The molecule has 0 amide bonds. The van der Waals surface area contributed by atoms with Gasteiger partial charge in [-0.05, 0) is 29.5 Å². The number of thiophene rings is 1. The molecule has 2 aromatic heterocycles. The summed E-state index contributed by atoms with van der Waals surface area (Å²) in [6, 6.07) is 12.1. The van der Waals surface area contributed by atoms with Gasteiger partial charge in [0.2, 0.25) is 5.13 Å². The molecule has 0 fully saturated rings. The van der Waals surface area contributed by atoms with Crippen molar-refractivity contribution in [1.82, 2.24) is 10.2 Å². The molecule has 0 unspecified atom stereocenters. The SMILES string of the molecule is Clc1ccccc1CSc1nnc(NCCc2cccs2)s1. The average Bonchev–Trinajstić information content (AvgIpc) is 3.18. The molecule has 114 valence electrons. The van der Waals surface area contributed by atoms with Crippen molar-refractivity contribution in [1.29, 1.82) is 0 Å². The highest BCUT2D eigenvalue weighted by molar-refractivity contribution is 8.00. The smallest absolute Gasteiger partial charge is 0.206 e. The lowest BCUT2D eigenvalue weighted by Gasteiger charge is -2.01. The molecule has 0 aliphatic rings. The molecule has 0 saturated carbocycles. The van der Waals surface area contributed by atoms with Crippen LogP contribution in [0.3, 0.4) is 0 Å². The van der Waals surface area contributed by atoms with Gasteiger partial charge >= 0.3 is 0 Å². The third-order valence-electron chi connectivity index (χ3n) is 2.94. The summed E-state index contributed by atoms with van der Waals surface area (Å²) < 4.78 is 0.957. The van der Waals surface area contributed by atoms with Crippen LogP contribution in [0, 0.1) is 0 Å². The molecule has 7 heteroatoms. The predicted octanol–water partition coefficient (Wildman–Crippen LogP) is 5.20. The van der Waals surface area contributed by atoms with Crippen molar-refractivity contribution in [3.8, 4) is 0 Å². The molecule has 0 atom stereocenters. The first-order valence-electron chi connectivity index (χ1n) is 6.77. The Hall–Kier alpha value is -1.08. The number of nitrogens with zero attached hydrogens (tertiary/aromatic N) is 2. The van der Waals surface area contributed by atoms with Gasteiger partial charge in [-0.1, -0.05) is 59.0 Å². The topological polar surface area (TPSA) is 37.8 Å². The Kier molecular flexibility index (Phi) is 5.72. The van der Waals surface area contributed by atoms with Gasteiger partial charge in [0.15, 0.2) is 4.34 Å². The monoisotopic (exact) mass is 367 g/mol. The normalized spacial score (nSPS) is 10.8. The summed E-state index contributed by atoms with van der Waals surface area (Å²) in [6.45, 7) is 0.879. The van der Waals surface area contributed by atoms with Gasteiger partial charge in [0.1, 0.15) is 0 Å². The molecule has 2 heterocycles. The summed E-state index contributed by atoms with van der Waals surface area (Å²) in [5.74, 6) is 0.809. The van der Waals surface area contributed by atoms with Crippen molar-refractivity contribution in [3.05, 3.63) is 57.2 Å². The van der Waals surface area contributed by atoms with E-state index in [-0.39, 0.29) is 0 Å². The second kappa shape index (κ2) is 7.97. The minimum atomic E-state index is 0.800. The Morgan fingerprint density at radius 1 is 1.14 bits per heavy atom. The van der Waals surface area contributed by atoms with E-state index >= 15 is 0 Å². The Balaban J connectivity index is 1.48. The van der Waals surface area contributed by atoms with Crippen molar-refractivity contribution in [3.63, 3.8) is 0 Å². The highest BCUT2D eigenvalue weighted by Crippen LogP contribution is 2.30. The summed E-state index contributed by atoms with van der Waals surface area (Å²) >= 11 is 11.2. The molecule has 0 radical (unpaired) electrons. The largest absolute Gasteiger partial charge is 0.360 e. The van der Waals surface area contributed by atoms with E-state index < -0.39 is 0 Å². The van der Waals surface area contributed by atoms with Crippen LogP contribution in [0.4, 0.5) is 5.13 Å². The molecule has 1 aromatic carbocycles. The molecular formula is C15H14ClN3S3. The van der Waals surface area contributed by atoms with Crippen molar-refractivity contribution < 1.29 is 0 Å². The lowest BCUT2D eigenvalue weighted by Crippen LogP contribution is -2.03. The van der Waals surface area contributed by atoms with Gasteiger partial charge in [0.25, 0.3) is 0 Å². The first-order valence-corrected chi connectivity index (χ1v) is 9.83. The first kappa shape index (κ1) is 15.8. The van der Waals surface area contributed by atoms with E-state index in [1.807, 2.05) is 24.3 Å². The maximum Gasteiger partial charge on any atom is 0.206 e. The van der Waals surface area contributed by atoms with Gasteiger partial charge in [-0.25, -0.2) is 0 Å². The third kappa shape index (κ3) is 4.46. The van der Waals surface area contributed by atoms with Crippen molar-refractivity contribution in [2.45, 2.75) is 16.5 Å². The molecule has 0 bridgehead atoms. The molecule has 22 heavy (non-hydrogen) atoms. The number of benzene rings is 1. The number of anilines is 1. The number of nitrogens with one attached hydrogen (secondary N) is 1. The van der Waals surface area contributed by atoms with E-state index in [9.17, 15) is 0 Å². The van der Waals surface area contributed by atoms with Crippen LogP contribution in [0.25, 0.3) is 0 Å². The van der Waals surface area contributed by atoms with E-state index in [2.05, 4.69) is 33.0 Å². The standard InChI is InChI=1S/C15H14ClN3S3/c16-13-6-2-1-4-11(13)10-21-15-19-18-14(22-15)17-8-7-12-5-3-9-20-12/h1-6,9H,7-8,10H2,(H,17,18). The summed E-state index contributed by atoms with van der Waals surface area (Å²) in [7, 11) is 0. The molecule has 0 aliphatic carbocycles. The van der Waals surface area contributed by atoms with Gasteiger partial charge in [0.05, 0.1) is 0 Å². The second-order valence-corrected chi connectivity index (χ2v) is 8.15. The van der Waals surface area contributed by atoms with Crippen molar-refractivity contribution >= 4 is 51.2 Å². The summed E-state index contributed by atoms with van der Waals surface area (Å²) in [4.78, 5) is 1.38. The molecular weight excluding hydrogens is 354 g/mol. The second-order valence-electron chi connectivity index (χ2n) is 4.51. The van der Waals surface area contributed by atoms with Crippen LogP contribution in [0.5, 0.6) is 0 Å². The van der Waals surface area contributed by atoms with Crippen LogP contribution in [0.1, 0.15) is 10.4 Å². The van der Waals surface area contributed by atoms with Crippen molar-refractivity contribution in [2.75, 3.05) is 11.9 Å². The van der Waals surface area contributed by atoms with E-state index in [1.54, 1.807) is 34.4 Å². The summed E-state index contributed by atoms with van der Waals surface area (Å²) in [5.41, 5.74) is 1.12. The first-order chi connectivity index (χ1) is 10.8. The van der Waals surface area contributed by atoms with Crippen molar-refractivity contribution in [2.24, 2.45) is 0 Å². The fraction of sp³-hybridized carbons (Fsp3) is 0.200. The van der Waals surface area contributed by atoms with Gasteiger partial charge in [-0.2, -0.15) is 0 Å².